The van der Waals surface area contributed by atoms with Crippen LogP contribution < -0.4 is 10.9 Å². The van der Waals surface area contributed by atoms with Crippen molar-refractivity contribution in [3.05, 3.63) is 58.0 Å². The molecule has 2 heterocycles. The predicted octanol–water partition coefficient (Wildman–Crippen LogP) is 4.15. The van der Waals surface area contributed by atoms with Gasteiger partial charge in [0.2, 0.25) is 5.13 Å². The second-order valence-electron chi connectivity index (χ2n) is 5.35. The smallest absolute Gasteiger partial charge is 0.336 e. The molecule has 0 fully saturated rings. The normalized spacial score (nSPS) is 10.9. The molecule has 3 aromatic rings. The molecule has 0 atom stereocenters. The number of nitrogens with one attached hydrogen (secondary N) is 1. The first kappa shape index (κ1) is 16.7. The predicted molar refractivity (Wildman–Crippen MR) is 100 cm³/mol. The van der Waals surface area contributed by atoms with E-state index in [1.165, 1.54) is 16.9 Å². The molecule has 0 aliphatic carbocycles. The van der Waals surface area contributed by atoms with Crippen molar-refractivity contribution in [2.24, 2.45) is 0 Å². The number of benzene rings is 1. The van der Waals surface area contributed by atoms with Crippen LogP contribution in [0.2, 0.25) is 0 Å². The van der Waals surface area contributed by atoms with Crippen molar-refractivity contribution in [2.45, 2.75) is 23.9 Å². The van der Waals surface area contributed by atoms with Crippen LogP contribution >= 0.6 is 23.1 Å². The zero-order chi connectivity index (χ0) is 17.1. The van der Waals surface area contributed by atoms with E-state index >= 15 is 0 Å². The first-order chi connectivity index (χ1) is 11.6. The van der Waals surface area contributed by atoms with Crippen LogP contribution in [-0.2, 0) is 5.75 Å². The summed E-state index contributed by atoms with van der Waals surface area (Å²) in [5, 5.41) is 13.1. The number of hydrogen-bond donors (Lipinski definition) is 1. The molecule has 3 rings (SSSR count). The van der Waals surface area contributed by atoms with E-state index in [-0.39, 0.29) is 5.63 Å². The van der Waals surface area contributed by atoms with Gasteiger partial charge >= 0.3 is 5.63 Å². The number of rotatable bonds is 6. The minimum Gasteiger partial charge on any atom is -0.423 e. The second kappa shape index (κ2) is 7.19. The molecule has 5 nitrogen and oxygen atoms in total. The fraction of sp³-hybridized carbons (Fsp3) is 0.235. The molecule has 0 bridgehead atoms. The first-order valence-corrected chi connectivity index (χ1v) is 9.22. The summed E-state index contributed by atoms with van der Waals surface area (Å²) in [7, 11) is 0. The summed E-state index contributed by atoms with van der Waals surface area (Å²) in [5.74, 6) is 0.640. The Morgan fingerprint density at radius 2 is 2.08 bits per heavy atom. The second-order valence-corrected chi connectivity index (χ2v) is 7.55. The standard InChI is InChI=1S/C17H17N3O2S2/c1-4-5-18-16-19-20-17(24-16)23-9-12-8-15(21)22-14-7-11(3)10(2)6-13(12)14/h4,6-8H,1,5,9H2,2-3H3,(H,18,19). The summed E-state index contributed by atoms with van der Waals surface area (Å²) in [5.41, 5.74) is 3.54. The lowest BCUT2D eigenvalue weighted by Gasteiger charge is -2.07. The maximum absolute atomic E-state index is 11.8. The van der Waals surface area contributed by atoms with Crippen molar-refractivity contribution in [1.82, 2.24) is 10.2 Å². The van der Waals surface area contributed by atoms with E-state index in [2.05, 4.69) is 35.1 Å². The number of nitrogens with zero attached hydrogens (tertiary/aromatic N) is 2. The van der Waals surface area contributed by atoms with Gasteiger partial charge in [0.15, 0.2) is 4.34 Å². The van der Waals surface area contributed by atoms with Gasteiger partial charge in [0.25, 0.3) is 0 Å². The molecule has 1 N–H and O–H groups in total. The van der Waals surface area contributed by atoms with Crippen molar-refractivity contribution < 1.29 is 4.42 Å². The maximum atomic E-state index is 11.8. The molecule has 0 saturated carbocycles. The molecule has 1 aromatic carbocycles. The Hall–Kier alpha value is -2.12. The fourth-order valence-corrected chi connectivity index (χ4v) is 3.99. The Morgan fingerprint density at radius 1 is 1.29 bits per heavy atom. The monoisotopic (exact) mass is 359 g/mol. The summed E-state index contributed by atoms with van der Waals surface area (Å²) in [4.78, 5) is 11.8. The van der Waals surface area contributed by atoms with Crippen molar-refractivity contribution in [3.63, 3.8) is 0 Å². The molecule has 0 aliphatic heterocycles. The van der Waals surface area contributed by atoms with Crippen LogP contribution in [0, 0.1) is 13.8 Å². The van der Waals surface area contributed by atoms with Crippen molar-refractivity contribution in [3.8, 4) is 0 Å². The molecular formula is C17H17N3O2S2. The number of anilines is 1. The van der Waals surface area contributed by atoms with Crippen molar-refractivity contribution in [1.29, 1.82) is 0 Å². The van der Waals surface area contributed by atoms with Gasteiger partial charge in [-0.15, -0.1) is 16.8 Å². The molecule has 24 heavy (non-hydrogen) atoms. The summed E-state index contributed by atoms with van der Waals surface area (Å²) in [6, 6.07) is 5.55. The van der Waals surface area contributed by atoms with Crippen LogP contribution in [0.4, 0.5) is 5.13 Å². The van der Waals surface area contributed by atoms with E-state index in [0.29, 0.717) is 17.9 Å². The van der Waals surface area contributed by atoms with E-state index in [4.69, 9.17) is 4.42 Å². The topological polar surface area (TPSA) is 68.0 Å². The lowest BCUT2D eigenvalue weighted by molar-refractivity contribution is 0.559. The number of aryl methyl sites for hydroxylation is 2. The van der Waals surface area contributed by atoms with Crippen molar-refractivity contribution >= 4 is 39.2 Å². The van der Waals surface area contributed by atoms with Crippen LogP contribution in [-0.4, -0.2) is 16.7 Å². The van der Waals surface area contributed by atoms with E-state index < -0.39 is 0 Å². The Labute approximate surface area is 147 Å². The minimum atomic E-state index is -0.327. The molecule has 0 aliphatic rings. The van der Waals surface area contributed by atoms with E-state index in [1.807, 2.05) is 13.0 Å². The highest BCUT2D eigenvalue weighted by atomic mass is 32.2. The number of thioether (sulfide) groups is 1. The minimum absolute atomic E-state index is 0.327. The molecule has 7 heteroatoms. The largest absolute Gasteiger partial charge is 0.423 e. The van der Waals surface area contributed by atoms with Gasteiger partial charge < -0.3 is 9.73 Å². The third kappa shape index (κ3) is 3.68. The first-order valence-electron chi connectivity index (χ1n) is 7.42. The third-order valence-corrected chi connectivity index (χ3v) is 5.66. The third-order valence-electron chi connectivity index (χ3n) is 3.60. The highest BCUT2D eigenvalue weighted by molar-refractivity contribution is 8.00. The van der Waals surface area contributed by atoms with Gasteiger partial charge in [-0.1, -0.05) is 29.2 Å². The van der Waals surface area contributed by atoms with Crippen LogP contribution in [0.1, 0.15) is 16.7 Å². The Balaban J connectivity index is 1.84. The number of aromatic nitrogens is 2. The maximum Gasteiger partial charge on any atom is 0.336 e. The Morgan fingerprint density at radius 3 is 2.88 bits per heavy atom. The van der Waals surface area contributed by atoms with E-state index in [0.717, 1.165) is 26.0 Å². The molecule has 0 saturated heterocycles. The van der Waals surface area contributed by atoms with Gasteiger partial charge in [0.1, 0.15) is 5.58 Å². The van der Waals surface area contributed by atoms with Crippen molar-refractivity contribution in [2.75, 3.05) is 11.9 Å². The van der Waals surface area contributed by atoms with Gasteiger partial charge in [0, 0.05) is 23.8 Å². The zero-order valence-corrected chi connectivity index (χ0v) is 15.1. The fourth-order valence-electron chi connectivity index (χ4n) is 2.24. The number of fused-ring (bicyclic) bond motifs is 1. The molecular weight excluding hydrogens is 342 g/mol. The lowest BCUT2D eigenvalue weighted by atomic mass is 10.0. The average Bonchev–Trinajstić information content (AvgIpc) is 3.00. The van der Waals surface area contributed by atoms with Gasteiger partial charge in [-0.2, -0.15) is 0 Å². The summed E-state index contributed by atoms with van der Waals surface area (Å²) >= 11 is 3.05. The van der Waals surface area contributed by atoms with Crippen LogP contribution in [0.3, 0.4) is 0 Å². The van der Waals surface area contributed by atoms with Gasteiger partial charge in [-0.3, -0.25) is 0 Å². The van der Waals surface area contributed by atoms with Gasteiger partial charge in [0.05, 0.1) is 0 Å². The van der Waals surface area contributed by atoms with E-state index in [9.17, 15) is 4.79 Å². The molecule has 0 radical (unpaired) electrons. The Kier molecular flexibility index (Phi) is 5.01. The molecule has 0 unspecified atom stereocenters. The Bertz CT molecular complexity index is 947. The molecule has 2 aromatic heterocycles. The zero-order valence-electron chi connectivity index (χ0n) is 13.5. The van der Waals surface area contributed by atoms with Crippen LogP contribution in [0.25, 0.3) is 11.0 Å². The SMILES string of the molecule is C=CCNc1nnc(SCc2cc(=O)oc3cc(C)c(C)cc23)s1. The highest BCUT2D eigenvalue weighted by Crippen LogP contribution is 2.31. The molecule has 0 spiro atoms. The van der Waals surface area contributed by atoms with Crippen LogP contribution in [0.5, 0.6) is 0 Å². The highest BCUT2D eigenvalue weighted by Gasteiger charge is 2.10. The summed E-state index contributed by atoms with van der Waals surface area (Å²) < 4.78 is 6.18. The van der Waals surface area contributed by atoms with Gasteiger partial charge in [-0.05, 0) is 42.7 Å². The quantitative estimate of drug-likeness (QED) is 0.405. The molecule has 0 amide bonds. The summed E-state index contributed by atoms with van der Waals surface area (Å²) in [6.07, 6.45) is 1.77. The average molecular weight is 359 g/mol. The van der Waals surface area contributed by atoms with Gasteiger partial charge in [-0.25, -0.2) is 4.79 Å². The van der Waals surface area contributed by atoms with E-state index in [1.54, 1.807) is 23.9 Å². The number of hydrogen-bond acceptors (Lipinski definition) is 7. The molecule has 124 valence electrons. The van der Waals surface area contributed by atoms with Crippen LogP contribution in [0.15, 0.2) is 44.4 Å². The summed E-state index contributed by atoms with van der Waals surface area (Å²) in [6.45, 7) is 8.38. The lowest BCUT2D eigenvalue weighted by Crippen LogP contribution is -2.00.